The van der Waals surface area contributed by atoms with Gasteiger partial charge in [-0.25, -0.2) is 4.39 Å². The fourth-order valence-electron chi connectivity index (χ4n) is 3.22. The minimum Gasteiger partial charge on any atom is -0.497 e. The Bertz CT molecular complexity index is 1020. The highest BCUT2D eigenvalue weighted by Gasteiger charge is 2.22. The normalized spacial score (nSPS) is 13.9. The zero-order chi connectivity index (χ0) is 21.6. The summed E-state index contributed by atoms with van der Waals surface area (Å²) in [6.07, 6.45) is 0. The predicted octanol–water partition coefficient (Wildman–Crippen LogP) is 3.87. The van der Waals surface area contributed by atoms with Crippen LogP contribution < -0.4 is 15.0 Å². The highest BCUT2D eigenvalue weighted by molar-refractivity contribution is 8.01. The van der Waals surface area contributed by atoms with E-state index < -0.39 is 0 Å². The molecule has 1 aliphatic heterocycles. The van der Waals surface area contributed by atoms with Gasteiger partial charge in [0.15, 0.2) is 4.34 Å². The number of aromatic nitrogens is 2. The summed E-state index contributed by atoms with van der Waals surface area (Å²) in [6, 6.07) is 14.0. The molecule has 1 fully saturated rings. The van der Waals surface area contributed by atoms with Gasteiger partial charge < -0.3 is 19.9 Å². The number of hydrogen-bond donors (Lipinski definition) is 1. The molecule has 4 rings (SSSR count). The Morgan fingerprint density at radius 1 is 1.16 bits per heavy atom. The van der Waals surface area contributed by atoms with Crippen molar-refractivity contribution >= 4 is 45.5 Å². The maximum Gasteiger partial charge on any atom is 0.233 e. The highest BCUT2D eigenvalue weighted by Crippen LogP contribution is 2.29. The Kier molecular flexibility index (Phi) is 6.88. The Morgan fingerprint density at radius 3 is 2.68 bits per heavy atom. The topological polar surface area (TPSA) is 70.6 Å². The van der Waals surface area contributed by atoms with Crippen molar-refractivity contribution < 1.29 is 13.9 Å². The number of piperazine rings is 1. The molecule has 1 aromatic heterocycles. The van der Waals surface area contributed by atoms with E-state index in [9.17, 15) is 9.18 Å². The number of hydrogen-bond acceptors (Lipinski definition) is 8. The smallest absolute Gasteiger partial charge is 0.233 e. The molecule has 0 aliphatic carbocycles. The highest BCUT2D eigenvalue weighted by atomic mass is 32.2. The van der Waals surface area contributed by atoms with Crippen molar-refractivity contribution in [1.29, 1.82) is 0 Å². The summed E-state index contributed by atoms with van der Waals surface area (Å²) < 4.78 is 19.1. The average Bonchev–Trinajstić information content (AvgIpc) is 3.25. The van der Waals surface area contributed by atoms with E-state index in [4.69, 9.17) is 4.74 Å². The second-order valence-corrected chi connectivity index (χ2v) is 9.06. The van der Waals surface area contributed by atoms with Crippen LogP contribution in [0.1, 0.15) is 0 Å². The molecule has 162 valence electrons. The van der Waals surface area contributed by atoms with Crippen LogP contribution in [0.4, 0.5) is 20.9 Å². The number of ether oxygens (including phenoxy) is 1. The number of anilines is 3. The molecule has 1 amide bonds. The van der Waals surface area contributed by atoms with Gasteiger partial charge in [0.05, 0.1) is 12.9 Å². The maximum atomic E-state index is 13.1. The van der Waals surface area contributed by atoms with Crippen LogP contribution in [0.5, 0.6) is 5.75 Å². The summed E-state index contributed by atoms with van der Waals surface area (Å²) in [5, 5.41) is 12.2. The molecular formula is C21H22FN5O2S2. The first-order chi connectivity index (χ1) is 15.1. The van der Waals surface area contributed by atoms with Gasteiger partial charge in [-0.2, -0.15) is 0 Å². The monoisotopic (exact) mass is 459 g/mol. The van der Waals surface area contributed by atoms with E-state index in [1.54, 1.807) is 19.2 Å². The molecule has 0 bridgehead atoms. The molecule has 0 unspecified atom stereocenters. The van der Waals surface area contributed by atoms with Gasteiger partial charge in [0, 0.05) is 43.6 Å². The lowest BCUT2D eigenvalue weighted by Crippen LogP contribution is -2.49. The SMILES string of the molecule is COc1cccc(Nc2nnc(SCC(=O)N3CCN(c4ccc(F)cc4)CC3)s2)c1. The van der Waals surface area contributed by atoms with Gasteiger partial charge in [0.1, 0.15) is 11.6 Å². The number of thioether (sulfide) groups is 1. The van der Waals surface area contributed by atoms with Gasteiger partial charge in [-0.1, -0.05) is 29.2 Å². The molecule has 7 nitrogen and oxygen atoms in total. The number of halogens is 1. The lowest BCUT2D eigenvalue weighted by Gasteiger charge is -2.36. The maximum absolute atomic E-state index is 13.1. The molecule has 0 spiro atoms. The van der Waals surface area contributed by atoms with Gasteiger partial charge in [-0.3, -0.25) is 4.79 Å². The first-order valence-electron chi connectivity index (χ1n) is 9.76. The summed E-state index contributed by atoms with van der Waals surface area (Å²) in [6.45, 7) is 2.76. The van der Waals surface area contributed by atoms with Crippen molar-refractivity contribution in [3.05, 3.63) is 54.3 Å². The molecule has 2 aromatic carbocycles. The quantitative estimate of drug-likeness (QED) is 0.538. The zero-order valence-electron chi connectivity index (χ0n) is 17.0. The van der Waals surface area contributed by atoms with Gasteiger partial charge >= 0.3 is 0 Å². The van der Waals surface area contributed by atoms with Crippen LogP contribution in [0.15, 0.2) is 52.9 Å². The van der Waals surface area contributed by atoms with Crippen LogP contribution in [0, 0.1) is 5.82 Å². The fourth-order valence-corrected chi connectivity index (χ4v) is 4.90. The van der Waals surface area contributed by atoms with Crippen molar-refractivity contribution in [2.75, 3.05) is 49.3 Å². The molecule has 31 heavy (non-hydrogen) atoms. The number of nitrogens with zero attached hydrogens (tertiary/aromatic N) is 4. The Morgan fingerprint density at radius 2 is 1.94 bits per heavy atom. The number of carbonyl (C=O) groups excluding carboxylic acids is 1. The average molecular weight is 460 g/mol. The molecule has 0 atom stereocenters. The largest absolute Gasteiger partial charge is 0.497 e. The number of benzene rings is 2. The van der Waals surface area contributed by atoms with Crippen molar-refractivity contribution in [3.63, 3.8) is 0 Å². The number of amides is 1. The minimum atomic E-state index is -0.242. The first-order valence-corrected chi connectivity index (χ1v) is 11.6. The fraction of sp³-hybridized carbons (Fsp3) is 0.286. The van der Waals surface area contributed by atoms with E-state index in [0.717, 1.165) is 34.6 Å². The second-order valence-electron chi connectivity index (χ2n) is 6.86. The molecule has 10 heteroatoms. The van der Waals surface area contributed by atoms with Crippen LogP contribution in [-0.4, -0.2) is 60.0 Å². The van der Waals surface area contributed by atoms with Gasteiger partial charge in [-0.15, -0.1) is 10.2 Å². The standard InChI is InChI=1S/C21H22FN5O2S2/c1-29-18-4-2-3-16(13-18)23-20-24-25-21(31-20)30-14-19(28)27-11-9-26(10-12-27)17-7-5-15(22)6-8-17/h2-8,13H,9-12,14H2,1H3,(H,23,24). The molecule has 3 aromatic rings. The van der Waals surface area contributed by atoms with Crippen molar-refractivity contribution in [3.8, 4) is 5.75 Å². The van der Waals surface area contributed by atoms with E-state index in [1.165, 1.54) is 35.2 Å². The van der Waals surface area contributed by atoms with E-state index in [1.807, 2.05) is 29.2 Å². The van der Waals surface area contributed by atoms with Crippen LogP contribution >= 0.6 is 23.1 Å². The minimum absolute atomic E-state index is 0.0845. The van der Waals surface area contributed by atoms with Crippen molar-refractivity contribution in [2.45, 2.75) is 4.34 Å². The van der Waals surface area contributed by atoms with E-state index in [0.29, 0.717) is 24.0 Å². The number of nitrogens with one attached hydrogen (secondary N) is 1. The number of carbonyl (C=O) groups is 1. The first kappa shape index (κ1) is 21.4. The van der Waals surface area contributed by atoms with E-state index in [-0.39, 0.29) is 11.7 Å². The molecule has 0 radical (unpaired) electrons. The van der Waals surface area contributed by atoms with Crippen molar-refractivity contribution in [1.82, 2.24) is 15.1 Å². The van der Waals surface area contributed by atoms with Gasteiger partial charge in [-0.05, 0) is 36.4 Å². The second kappa shape index (κ2) is 9.97. The Balaban J connectivity index is 1.24. The summed E-state index contributed by atoms with van der Waals surface area (Å²) >= 11 is 2.80. The lowest BCUT2D eigenvalue weighted by atomic mass is 10.2. The number of rotatable bonds is 7. The van der Waals surface area contributed by atoms with E-state index in [2.05, 4.69) is 20.4 Å². The van der Waals surface area contributed by atoms with Gasteiger partial charge in [0.25, 0.3) is 0 Å². The number of methoxy groups -OCH3 is 1. The third-order valence-electron chi connectivity index (χ3n) is 4.87. The van der Waals surface area contributed by atoms with Crippen LogP contribution in [0.25, 0.3) is 0 Å². The predicted molar refractivity (Wildman–Crippen MR) is 122 cm³/mol. The van der Waals surface area contributed by atoms with Crippen LogP contribution in [-0.2, 0) is 4.79 Å². The molecule has 1 saturated heterocycles. The summed E-state index contributed by atoms with van der Waals surface area (Å²) in [5.74, 6) is 0.924. The molecule has 2 heterocycles. The molecule has 0 saturated carbocycles. The summed E-state index contributed by atoms with van der Waals surface area (Å²) in [5.41, 5.74) is 1.84. The zero-order valence-corrected chi connectivity index (χ0v) is 18.6. The third kappa shape index (κ3) is 5.65. The van der Waals surface area contributed by atoms with Crippen LogP contribution in [0.2, 0.25) is 0 Å². The van der Waals surface area contributed by atoms with Crippen molar-refractivity contribution in [2.24, 2.45) is 0 Å². The third-order valence-corrected chi connectivity index (χ3v) is 6.83. The van der Waals surface area contributed by atoms with E-state index >= 15 is 0 Å². The Labute approximate surface area is 188 Å². The molecular weight excluding hydrogens is 437 g/mol. The lowest BCUT2D eigenvalue weighted by molar-refractivity contribution is -0.128. The molecule has 1 aliphatic rings. The van der Waals surface area contributed by atoms with Gasteiger partial charge in [0.2, 0.25) is 11.0 Å². The Hall–Kier alpha value is -2.85. The molecule has 1 N–H and O–H groups in total. The van der Waals surface area contributed by atoms with Crippen LogP contribution in [0.3, 0.4) is 0 Å². The summed E-state index contributed by atoms with van der Waals surface area (Å²) in [4.78, 5) is 16.6. The summed E-state index contributed by atoms with van der Waals surface area (Å²) in [7, 11) is 1.62.